The number of aromatic nitrogens is 2. The maximum Gasteiger partial charge on any atom is 0.435 e. The van der Waals surface area contributed by atoms with Crippen molar-refractivity contribution in [1.82, 2.24) is 14.7 Å². The number of carbonyl (C=O) groups is 1. The molecule has 1 aromatic heterocycles. The Morgan fingerprint density at radius 2 is 1.77 bits per heavy atom. The summed E-state index contributed by atoms with van der Waals surface area (Å²) in [7, 11) is 0. The second kappa shape index (κ2) is 8.39. The van der Waals surface area contributed by atoms with Crippen molar-refractivity contribution in [2.75, 3.05) is 18.4 Å². The van der Waals surface area contributed by atoms with E-state index in [1.807, 2.05) is 0 Å². The lowest BCUT2D eigenvalue weighted by Crippen LogP contribution is -2.38. The second-order valence-electron chi connectivity index (χ2n) is 7.80. The van der Waals surface area contributed by atoms with Gasteiger partial charge < -0.3 is 10.2 Å². The van der Waals surface area contributed by atoms with Crippen molar-refractivity contribution < 1.29 is 18.0 Å². The van der Waals surface area contributed by atoms with Crippen LogP contribution in [-0.2, 0) is 11.0 Å². The first-order chi connectivity index (χ1) is 14.7. The number of likely N-dealkylation sites (tertiary alicyclic amines) is 1. The van der Waals surface area contributed by atoms with Crippen molar-refractivity contribution in [3.63, 3.8) is 0 Å². The predicted octanol–water partition coefficient (Wildman–Crippen LogP) is 5.90. The van der Waals surface area contributed by atoms with Crippen molar-refractivity contribution in [1.29, 1.82) is 0 Å². The van der Waals surface area contributed by atoms with Gasteiger partial charge in [-0.05, 0) is 37.5 Å². The average molecular weight is 473 g/mol. The van der Waals surface area contributed by atoms with Gasteiger partial charge in [-0.2, -0.15) is 18.3 Å². The van der Waals surface area contributed by atoms with Gasteiger partial charge in [-0.1, -0.05) is 42.1 Å². The van der Waals surface area contributed by atoms with Crippen LogP contribution >= 0.6 is 23.2 Å². The molecule has 0 radical (unpaired) electrons. The molecule has 2 aromatic rings. The summed E-state index contributed by atoms with van der Waals surface area (Å²) in [4.78, 5) is 15.3. The van der Waals surface area contributed by atoms with E-state index in [0.29, 0.717) is 34.9 Å². The number of nitrogens with zero attached hydrogens (tertiary/aromatic N) is 3. The van der Waals surface area contributed by atoms with Crippen molar-refractivity contribution in [2.24, 2.45) is 0 Å². The normalized spacial score (nSPS) is 19.7. The van der Waals surface area contributed by atoms with Gasteiger partial charge in [-0.15, -0.1) is 0 Å². The van der Waals surface area contributed by atoms with E-state index in [-0.39, 0.29) is 16.7 Å². The molecule has 3 heterocycles. The molecular weight excluding hydrogens is 452 g/mol. The Balaban J connectivity index is 1.84. The Kier molecular flexibility index (Phi) is 5.96. The smallest absolute Gasteiger partial charge is 0.344 e. The molecule has 31 heavy (non-hydrogen) atoms. The lowest BCUT2D eigenvalue weighted by Gasteiger charge is -2.32. The number of anilines is 1. The highest BCUT2D eigenvalue weighted by atomic mass is 35.5. The van der Waals surface area contributed by atoms with E-state index in [4.69, 9.17) is 23.2 Å². The van der Waals surface area contributed by atoms with Crippen LogP contribution in [0.2, 0.25) is 10.0 Å². The van der Waals surface area contributed by atoms with Gasteiger partial charge in [-0.3, -0.25) is 4.79 Å². The molecule has 1 amide bonds. The van der Waals surface area contributed by atoms with Gasteiger partial charge in [0.05, 0.1) is 15.6 Å². The van der Waals surface area contributed by atoms with Gasteiger partial charge in [0.1, 0.15) is 11.9 Å². The summed E-state index contributed by atoms with van der Waals surface area (Å²) in [6, 6.07) is 4.88. The van der Waals surface area contributed by atoms with Crippen molar-refractivity contribution in [3.8, 4) is 0 Å². The Morgan fingerprint density at radius 1 is 1.10 bits per heavy atom. The Bertz CT molecular complexity index is 1040. The van der Waals surface area contributed by atoms with E-state index >= 15 is 0 Å². The van der Waals surface area contributed by atoms with Gasteiger partial charge in [-0.25, -0.2) is 4.68 Å². The number of benzene rings is 1. The van der Waals surface area contributed by atoms with Crippen molar-refractivity contribution in [2.45, 2.75) is 44.8 Å². The highest BCUT2D eigenvalue weighted by Crippen LogP contribution is 2.41. The minimum atomic E-state index is -4.61. The van der Waals surface area contributed by atoms with Crippen LogP contribution in [0, 0.1) is 0 Å². The zero-order valence-electron chi connectivity index (χ0n) is 16.8. The molecule has 1 saturated heterocycles. The molecule has 166 valence electrons. The van der Waals surface area contributed by atoms with E-state index in [1.54, 1.807) is 30.0 Å². The zero-order valence-corrected chi connectivity index (χ0v) is 18.3. The molecule has 0 aliphatic carbocycles. The number of rotatable bonds is 2. The van der Waals surface area contributed by atoms with Gasteiger partial charge in [0.2, 0.25) is 0 Å². The third-order valence-electron chi connectivity index (χ3n) is 5.65. The molecule has 1 fully saturated rings. The van der Waals surface area contributed by atoms with Crippen LogP contribution in [-0.4, -0.2) is 33.7 Å². The van der Waals surface area contributed by atoms with Crippen LogP contribution in [0.3, 0.4) is 0 Å². The molecule has 10 heteroatoms. The van der Waals surface area contributed by atoms with Crippen molar-refractivity contribution in [3.05, 3.63) is 56.8 Å². The number of fused-ring (bicyclic) bond motifs is 1. The van der Waals surface area contributed by atoms with Crippen LogP contribution in [0.15, 0.2) is 35.5 Å². The summed E-state index contributed by atoms with van der Waals surface area (Å²) < 4.78 is 41.3. The van der Waals surface area contributed by atoms with Crippen molar-refractivity contribution >= 4 is 34.9 Å². The largest absolute Gasteiger partial charge is 0.435 e. The summed E-state index contributed by atoms with van der Waals surface area (Å²) >= 11 is 12.3. The Morgan fingerprint density at radius 3 is 2.39 bits per heavy atom. The van der Waals surface area contributed by atoms with E-state index in [1.165, 1.54) is 4.68 Å². The maximum atomic E-state index is 13.6. The lowest BCUT2D eigenvalue weighted by atomic mass is 9.94. The Labute approximate surface area is 187 Å². The third-order valence-corrected chi connectivity index (χ3v) is 6.39. The van der Waals surface area contributed by atoms with Gasteiger partial charge in [0, 0.05) is 24.9 Å². The highest BCUT2D eigenvalue weighted by molar-refractivity contribution is 6.42. The fourth-order valence-corrected chi connectivity index (χ4v) is 4.43. The minimum Gasteiger partial charge on any atom is -0.344 e. The lowest BCUT2D eigenvalue weighted by molar-refractivity contribution is -0.141. The minimum absolute atomic E-state index is 0.160. The SMILES string of the molecule is CC1=C(C(=O)N2CCCCCC2)C(c2ccc(Cl)c(Cl)c2)n2nc(C(F)(F)F)cc2N1. The molecule has 5 nitrogen and oxygen atoms in total. The van der Waals surface area contributed by atoms with Gasteiger partial charge >= 0.3 is 6.18 Å². The van der Waals surface area contributed by atoms with E-state index in [9.17, 15) is 18.0 Å². The third kappa shape index (κ3) is 4.28. The summed E-state index contributed by atoms with van der Waals surface area (Å²) in [6.07, 6.45) is -0.720. The first kappa shape index (κ1) is 22.0. The number of hydrogen-bond acceptors (Lipinski definition) is 3. The van der Waals surface area contributed by atoms with Crippen LogP contribution in [0.5, 0.6) is 0 Å². The summed E-state index contributed by atoms with van der Waals surface area (Å²) in [6.45, 7) is 2.92. The van der Waals surface area contributed by atoms with E-state index in [2.05, 4.69) is 10.4 Å². The fourth-order valence-electron chi connectivity index (χ4n) is 4.12. The summed E-state index contributed by atoms with van der Waals surface area (Å²) in [5, 5.41) is 7.32. The number of allylic oxidation sites excluding steroid dienone is 1. The molecule has 1 aromatic carbocycles. The molecule has 1 atom stereocenters. The Hall–Kier alpha value is -2.19. The number of alkyl halides is 3. The molecule has 0 spiro atoms. The number of halogens is 5. The number of hydrogen-bond donors (Lipinski definition) is 1. The molecule has 0 bridgehead atoms. The average Bonchev–Trinajstić information content (AvgIpc) is 2.95. The number of amides is 1. The molecule has 1 unspecified atom stereocenters. The predicted molar refractivity (Wildman–Crippen MR) is 113 cm³/mol. The molecule has 2 aliphatic rings. The fraction of sp³-hybridized carbons (Fsp3) is 0.429. The molecule has 4 rings (SSSR count). The highest BCUT2D eigenvalue weighted by Gasteiger charge is 2.40. The number of carbonyl (C=O) groups excluding carboxylic acids is 1. The topological polar surface area (TPSA) is 50.2 Å². The molecule has 0 saturated carbocycles. The van der Waals surface area contributed by atoms with Crippen LogP contribution in [0.4, 0.5) is 19.0 Å². The maximum absolute atomic E-state index is 13.6. The quantitative estimate of drug-likeness (QED) is 0.591. The van der Waals surface area contributed by atoms with Crippen LogP contribution in [0.1, 0.15) is 49.9 Å². The number of nitrogens with one attached hydrogen (secondary N) is 1. The van der Waals surface area contributed by atoms with Crippen LogP contribution in [0.25, 0.3) is 0 Å². The van der Waals surface area contributed by atoms with Gasteiger partial charge in [0.25, 0.3) is 5.91 Å². The van der Waals surface area contributed by atoms with Gasteiger partial charge in [0.15, 0.2) is 5.69 Å². The second-order valence-corrected chi connectivity index (χ2v) is 8.62. The molecule has 2 aliphatic heterocycles. The molecular formula is C21H21Cl2F3N4O. The zero-order chi connectivity index (χ0) is 22.3. The molecule has 1 N–H and O–H groups in total. The standard InChI is InChI=1S/C21H21Cl2F3N4O/c1-12-18(20(31)29-8-4-2-3-5-9-29)19(13-6-7-14(22)15(23)10-13)30-17(27-12)11-16(28-30)21(24,25)26/h6-7,10-11,19,27H,2-5,8-9H2,1H3. The van der Waals surface area contributed by atoms with E-state index < -0.39 is 17.9 Å². The first-order valence-corrected chi connectivity index (χ1v) is 10.8. The van der Waals surface area contributed by atoms with Crippen LogP contribution < -0.4 is 5.32 Å². The first-order valence-electron chi connectivity index (χ1n) is 10.1. The monoisotopic (exact) mass is 472 g/mol. The summed E-state index contributed by atoms with van der Waals surface area (Å²) in [5.74, 6) is -0.0500. The summed E-state index contributed by atoms with van der Waals surface area (Å²) in [5.41, 5.74) is 0.346. The van der Waals surface area contributed by atoms with E-state index in [0.717, 1.165) is 31.7 Å².